The molecule has 0 bridgehead atoms. The van der Waals surface area contributed by atoms with E-state index >= 15 is 0 Å². The van der Waals surface area contributed by atoms with Crippen LogP contribution in [0.4, 0.5) is 4.79 Å². The molecule has 2 amide bonds. The molecule has 0 radical (unpaired) electrons. The lowest BCUT2D eigenvalue weighted by molar-refractivity contribution is -0.146. The summed E-state index contributed by atoms with van der Waals surface area (Å²) in [7, 11) is 0. The van der Waals surface area contributed by atoms with E-state index in [0.29, 0.717) is 57.3 Å². The molecule has 184 valence electrons. The van der Waals surface area contributed by atoms with E-state index in [1.807, 2.05) is 29.2 Å². The second-order valence-corrected chi connectivity index (χ2v) is 10.1. The summed E-state index contributed by atoms with van der Waals surface area (Å²) in [5.74, 6) is -0.200. The summed E-state index contributed by atoms with van der Waals surface area (Å²) in [6.45, 7) is 1.94. The number of nitrogens with one attached hydrogen (secondary N) is 1. The van der Waals surface area contributed by atoms with Crippen LogP contribution in [0.1, 0.15) is 49.1 Å². The third-order valence-corrected chi connectivity index (χ3v) is 7.87. The molecule has 3 aliphatic rings. The van der Waals surface area contributed by atoms with Crippen LogP contribution < -0.4 is 5.32 Å². The van der Waals surface area contributed by atoms with Crippen molar-refractivity contribution in [3.05, 3.63) is 59.7 Å². The van der Waals surface area contributed by atoms with Gasteiger partial charge in [-0.25, -0.2) is 4.79 Å². The maximum absolute atomic E-state index is 12.5. The van der Waals surface area contributed by atoms with E-state index in [0.717, 1.165) is 12.8 Å². The lowest BCUT2D eigenvalue weighted by Gasteiger charge is -2.37. The van der Waals surface area contributed by atoms with Crippen molar-refractivity contribution in [3.8, 4) is 11.1 Å². The van der Waals surface area contributed by atoms with Crippen molar-refractivity contribution in [2.45, 2.75) is 38.0 Å². The van der Waals surface area contributed by atoms with Gasteiger partial charge in [0, 0.05) is 32.0 Å². The highest BCUT2D eigenvalue weighted by atomic mass is 16.5. The number of aliphatic carboxylic acids is 1. The molecule has 1 saturated carbocycles. The maximum Gasteiger partial charge on any atom is 0.407 e. The van der Waals surface area contributed by atoms with Gasteiger partial charge in [-0.1, -0.05) is 48.5 Å². The predicted molar refractivity (Wildman–Crippen MR) is 131 cm³/mol. The summed E-state index contributed by atoms with van der Waals surface area (Å²) < 4.78 is 5.60. The van der Waals surface area contributed by atoms with Crippen LogP contribution in [-0.4, -0.2) is 54.2 Å². The number of piperidine rings is 1. The summed E-state index contributed by atoms with van der Waals surface area (Å²) in [4.78, 5) is 37.8. The summed E-state index contributed by atoms with van der Waals surface area (Å²) in [5, 5.41) is 12.0. The first-order chi connectivity index (χ1) is 17.0. The molecule has 2 N–H and O–H groups in total. The van der Waals surface area contributed by atoms with Gasteiger partial charge in [0.1, 0.15) is 6.61 Å². The molecule has 0 spiro atoms. The third-order valence-electron chi connectivity index (χ3n) is 7.87. The van der Waals surface area contributed by atoms with E-state index < -0.39 is 12.1 Å². The van der Waals surface area contributed by atoms with Gasteiger partial charge in [-0.15, -0.1) is 0 Å². The molecular weight excluding hydrogens is 444 g/mol. The van der Waals surface area contributed by atoms with Crippen molar-refractivity contribution >= 4 is 18.0 Å². The van der Waals surface area contributed by atoms with E-state index in [1.165, 1.54) is 22.3 Å². The highest BCUT2D eigenvalue weighted by molar-refractivity contribution is 5.79. The fraction of sp³-hybridized carbons (Fsp3) is 0.464. The van der Waals surface area contributed by atoms with Gasteiger partial charge in [-0.2, -0.15) is 0 Å². The number of rotatable bonds is 7. The summed E-state index contributed by atoms with van der Waals surface area (Å²) in [6.07, 6.45) is 3.03. The highest BCUT2D eigenvalue weighted by Gasteiger charge is 2.34. The largest absolute Gasteiger partial charge is 0.481 e. The van der Waals surface area contributed by atoms with Crippen molar-refractivity contribution < 1.29 is 24.2 Å². The van der Waals surface area contributed by atoms with Crippen molar-refractivity contribution in [1.82, 2.24) is 10.2 Å². The van der Waals surface area contributed by atoms with Crippen LogP contribution in [-0.2, 0) is 14.3 Å². The zero-order chi connectivity index (χ0) is 24.4. The van der Waals surface area contributed by atoms with E-state index in [9.17, 15) is 14.4 Å². The van der Waals surface area contributed by atoms with Gasteiger partial charge < -0.3 is 20.1 Å². The van der Waals surface area contributed by atoms with Gasteiger partial charge in [0.15, 0.2) is 0 Å². The van der Waals surface area contributed by atoms with E-state index in [1.54, 1.807) is 0 Å². The molecule has 7 heteroatoms. The topological polar surface area (TPSA) is 95.9 Å². The first-order valence-corrected chi connectivity index (χ1v) is 12.6. The van der Waals surface area contributed by atoms with Crippen LogP contribution in [0, 0.1) is 17.8 Å². The van der Waals surface area contributed by atoms with Gasteiger partial charge in [0.05, 0.1) is 5.92 Å². The zero-order valence-corrected chi connectivity index (χ0v) is 19.8. The van der Waals surface area contributed by atoms with E-state index in [-0.39, 0.29) is 17.7 Å². The molecule has 2 fully saturated rings. The molecule has 7 nitrogen and oxygen atoms in total. The average Bonchev–Trinajstić information content (AvgIpc) is 3.17. The predicted octanol–water partition coefficient (Wildman–Crippen LogP) is 4.26. The monoisotopic (exact) mass is 476 g/mol. The molecule has 0 atom stereocenters. The number of carbonyl (C=O) groups is 3. The number of nitrogens with zero attached hydrogens (tertiary/aromatic N) is 1. The number of carbonyl (C=O) groups excluding carboxylic acids is 2. The second kappa shape index (κ2) is 10.1. The molecule has 5 rings (SSSR count). The zero-order valence-electron chi connectivity index (χ0n) is 19.8. The number of hydrogen-bond donors (Lipinski definition) is 2. The highest BCUT2D eigenvalue weighted by Crippen LogP contribution is 2.44. The fourth-order valence-corrected chi connectivity index (χ4v) is 5.84. The first kappa shape index (κ1) is 23.4. The lowest BCUT2D eigenvalue weighted by Crippen LogP contribution is -2.43. The van der Waals surface area contributed by atoms with Gasteiger partial charge in [-0.05, 0) is 59.8 Å². The number of carboxylic acid groups (broad SMARTS) is 1. The Bertz CT molecular complexity index is 1060. The molecule has 35 heavy (non-hydrogen) atoms. The SMILES string of the molecule is O=C(NCC1CC(CC(=O)N2CCC(C(=O)O)CC2)C1)OCC1c2ccccc2-c2ccccc21. The van der Waals surface area contributed by atoms with Crippen molar-refractivity contribution in [2.75, 3.05) is 26.2 Å². The number of carboxylic acids is 1. The standard InChI is InChI=1S/C28H32N2O5/c31-26(30-11-9-20(10-12-30)27(32)33)15-18-13-19(14-18)16-29-28(34)35-17-25-23-7-3-1-5-21(23)22-6-2-4-8-24(22)25/h1-8,18-20,25H,9-17H2,(H,29,34)(H,32,33). The minimum atomic E-state index is -0.761. The van der Waals surface area contributed by atoms with Gasteiger partial charge in [0.25, 0.3) is 0 Å². The van der Waals surface area contributed by atoms with Crippen molar-refractivity contribution in [2.24, 2.45) is 17.8 Å². The molecular formula is C28H32N2O5. The Hall–Kier alpha value is -3.35. The molecule has 1 saturated heterocycles. The van der Waals surface area contributed by atoms with Crippen LogP contribution in [0.5, 0.6) is 0 Å². The van der Waals surface area contributed by atoms with Crippen LogP contribution >= 0.6 is 0 Å². The first-order valence-electron chi connectivity index (χ1n) is 12.6. The van der Waals surface area contributed by atoms with Gasteiger partial charge in [0.2, 0.25) is 5.91 Å². The van der Waals surface area contributed by atoms with Crippen LogP contribution in [0.25, 0.3) is 11.1 Å². The maximum atomic E-state index is 12.5. The average molecular weight is 477 g/mol. The normalized spacial score (nSPS) is 21.5. The van der Waals surface area contributed by atoms with E-state index in [4.69, 9.17) is 9.84 Å². The van der Waals surface area contributed by atoms with Crippen molar-refractivity contribution in [1.29, 1.82) is 0 Å². The summed E-state index contributed by atoms with van der Waals surface area (Å²) in [5.41, 5.74) is 4.80. The Labute approximate surface area is 205 Å². The molecule has 0 aromatic heterocycles. The van der Waals surface area contributed by atoms with E-state index in [2.05, 4.69) is 29.6 Å². The molecule has 2 aliphatic carbocycles. The Balaban J connectivity index is 1.02. The minimum absolute atomic E-state index is 0.0489. The summed E-state index contributed by atoms with van der Waals surface area (Å²) >= 11 is 0. The number of amides is 2. The number of benzene rings is 2. The number of likely N-dealkylation sites (tertiary alicyclic amines) is 1. The number of ether oxygens (including phenoxy) is 1. The minimum Gasteiger partial charge on any atom is -0.481 e. The van der Waals surface area contributed by atoms with Gasteiger partial charge >= 0.3 is 12.1 Å². The Morgan fingerprint density at radius 2 is 1.51 bits per heavy atom. The fourth-order valence-electron chi connectivity index (χ4n) is 5.84. The number of hydrogen-bond acceptors (Lipinski definition) is 4. The quantitative estimate of drug-likeness (QED) is 0.622. The van der Waals surface area contributed by atoms with Crippen LogP contribution in [0.3, 0.4) is 0 Å². The van der Waals surface area contributed by atoms with Crippen LogP contribution in [0.2, 0.25) is 0 Å². The smallest absolute Gasteiger partial charge is 0.407 e. The molecule has 1 aliphatic heterocycles. The Morgan fingerprint density at radius 3 is 2.11 bits per heavy atom. The Kier molecular flexibility index (Phi) is 6.75. The van der Waals surface area contributed by atoms with Crippen molar-refractivity contribution in [3.63, 3.8) is 0 Å². The number of fused-ring (bicyclic) bond motifs is 3. The lowest BCUT2D eigenvalue weighted by atomic mass is 9.73. The summed E-state index contributed by atoms with van der Waals surface area (Å²) in [6, 6.07) is 16.5. The molecule has 1 heterocycles. The molecule has 2 aromatic rings. The molecule has 0 unspecified atom stereocenters. The second-order valence-electron chi connectivity index (χ2n) is 10.1. The Morgan fingerprint density at radius 1 is 0.914 bits per heavy atom. The van der Waals surface area contributed by atoms with Crippen LogP contribution in [0.15, 0.2) is 48.5 Å². The van der Waals surface area contributed by atoms with Gasteiger partial charge in [-0.3, -0.25) is 9.59 Å². The number of alkyl carbamates (subject to hydrolysis) is 1. The molecule has 2 aromatic carbocycles. The third kappa shape index (κ3) is 5.04.